The van der Waals surface area contributed by atoms with E-state index in [4.69, 9.17) is 14.6 Å². The highest BCUT2D eigenvalue weighted by atomic mass is 16.5. The van der Waals surface area contributed by atoms with E-state index in [0.717, 1.165) is 30.6 Å². The van der Waals surface area contributed by atoms with Gasteiger partial charge in [0, 0.05) is 5.56 Å². The second kappa shape index (κ2) is 7.91. The van der Waals surface area contributed by atoms with Gasteiger partial charge in [0.05, 0.1) is 13.2 Å². The van der Waals surface area contributed by atoms with Crippen molar-refractivity contribution < 1.29 is 24.2 Å². The van der Waals surface area contributed by atoms with Gasteiger partial charge in [0.25, 0.3) is 5.91 Å². The number of aliphatic carboxylic acids is 1. The van der Waals surface area contributed by atoms with E-state index in [-0.39, 0.29) is 11.9 Å². The van der Waals surface area contributed by atoms with Gasteiger partial charge >= 0.3 is 5.97 Å². The average Bonchev–Trinajstić information content (AvgIpc) is 2.66. The average molecular weight is 355 g/mol. The molecule has 1 aliphatic carbocycles. The topological polar surface area (TPSA) is 84.9 Å². The molecule has 1 atom stereocenters. The molecule has 0 spiro atoms. The first-order valence-electron chi connectivity index (χ1n) is 8.49. The summed E-state index contributed by atoms with van der Waals surface area (Å²) in [7, 11) is 1.63. The third-order valence-electron chi connectivity index (χ3n) is 4.45. The number of ether oxygens (including phenoxy) is 2. The van der Waals surface area contributed by atoms with Gasteiger partial charge in [-0.1, -0.05) is 6.07 Å². The number of benzene rings is 2. The highest BCUT2D eigenvalue weighted by molar-refractivity contribution is 5.94. The zero-order valence-electron chi connectivity index (χ0n) is 14.5. The van der Waals surface area contributed by atoms with E-state index in [0.29, 0.717) is 11.3 Å². The van der Waals surface area contributed by atoms with Crippen LogP contribution < -0.4 is 14.8 Å². The smallest absolute Gasteiger partial charge is 0.341 e. The first kappa shape index (κ1) is 17.8. The highest BCUT2D eigenvalue weighted by Gasteiger charge is 2.23. The lowest BCUT2D eigenvalue weighted by Gasteiger charge is -2.27. The molecule has 0 aromatic heterocycles. The molecule has 136 valence electrons. The van der Waals surface area contributed by atoms with E-state index in [9.17, 15) is 9.59 Å². The zero-order valence-corrected chi connectivity index (χ0v) is 14.5. The van der Waals surface area contributed by atoms with Crippen LogP contribution in [0, 0.1) is 0 Å². The lowest BCUT2D eigenvalue weighted by Crippen LogP contribution is -2.31. The number of carbonyl (C=O) groups is 2. The van der Waals surface area contributed by atoms with Gasteiger partial charge in [-0.2, -0.15) is 0 Å². The molecule has 2 aromatic rings. The Morgan fingerprint density at radius 3 is 2.58 bits per heavy atom. The number of nitrogens with one attached hydrogen (secondary N) is 1. The minimum absolute atomic E-state index is 0.0516. The van der Waals surface area contributed by atoms with Crippen molar-refractivity contribution in [2.75, 3.05) is 13.7 Å². The Morgan fingerprint density at radius 2 is 1.88 bits per heavy atom. The van der Waals surface area contributed by atoms with Crippen molar-refractivity contribution in [3.05, 3.63) is 59.2 Å². The third kappa shape index (κ3) is 4.14. The second-order valence-electron chi connectivity index (χ2n) is 6.19. The van der Waals surface area contributed by atoms with Crippen molar-refractivity contribution in [3.8, 4) is 11.5 Å². The van der Waals surface area contributed by atoms with E-state index in [1.807, 2.05) is 12.1 Å². The first-order chi connectivity index (χ1) is 12.6. The summed E-state index contributed by atoms with van der Waals surface area (Å²) in [6.07, 6.45) is 2.90. The minimum Gasteiger partial charge on any atom is -0.497 e. The molecule has 26 heavy (non-hydrogen) atoms. The van der Waals surface area contributed by atoms with E-state index < -0.39 is 12.6 Å². The molecule has 0 heterocycles. The molecule has 0 radical (unpaired) electrons. The Bertz CT molecular complexity index is 800. The first-order valence-corrected chi connectivity index (χ1v) is 8.49. The molecular weight excluding hydrogens is 334 g/mol. The molecule has 0 aliphatic heterocycles. The molecule has 6 nitrogen and oxygen atoms in total. The van der Waals surface area contributed by atoms with Crippen molar-refractivity contribution in [1.29, 1.82) is 0 Å². The molecule has 6 heteroatoms. The molecule has 0 fully saturated rings. The Hall–Kier alpha value is -3.02. The van der Waals surface area contributed by atoms with Crippen LogP contribution in [0.1, 0.15) is 40.4 Å². The van der Waals surface area contributed by atoms with Crippen molar-refractivity contribution in [3.63, 3.8) is 0 Å². The molecular formula is C20H21NO5. The molecule has 2 N–H and O–H groups in total. The summed E-state index contributed by atoms with van der Waals surface area (Å²) in [5, 5.41) is 11.7. The molecule has 1 amide bonds. The number of carboxylic acid groups (broad SMARTS) is 1. The highest BCUT2D eigenvalue weighted by Crippen LogP contribution is 2.32. The molecule has 3 rings (SSSR count). The Kier molecular flexibility index (Phi) is 5.41. The maximum atomic E-state index is 12.6. The summed E-state index contributed by atoms with van der Waals surface area (Å²) < 4.78 is 10.4. The van der Waals surface area contributed by atoms with Crippen LogP contribution in [-0.2, 0) is 11.2 Å². The summed E-state index contributed by atoms with van der Waals surface area (Å²) in [4.78, 5) is 23.1. The van der Waals surface area contributed by atoms with Crippen molar-refractivity contribution in [1.82, 2.24) is 5.32 Å². The lowest BCUT2D eigenvalue weighted by atomic mass is 9.87. The van der Waals surface area contributed by atoms with Crippen LogP contribution in [0.4, 0.5) is 0 Å². The van der Waals surface area contributed by atoms with Gasteiger partial charge in [0.15, 0.2) is 6.61 Å². The number of amides is 1. The maximum Gasteiger partial charge on any atom is 0.341 e. The maximum absolute atomic E-state index is 12.6. The third-order valence-corrected chi connectivity index (χ3v) is 4.45. The van der Waals surface area contributed by atoms with Crippen LogP contribution in [-0.4, -0.2) is 30.7 Å². The molecule has 0 unspecified atom stereocenters. The summed E-state index contributed by atoms with van der Waals surface area (Å²) in [5.41, 5.74) is 2.84. The van der Waals surface area contributed by atoms with Gasteiger partial charge in [0.1, 0.15) is 11.5 Å². The van der Waals surface area contributed by atoms with Crippen LogP contribution in [0.5, 0.6) is 11.5 Å². The zero-order chi connectivity index (χ0) is 18.5. The normalized spacial score (nSPS) is 15.7. The van der Waals surface area contributed by atoms with Gasteiger partial charge in [0.2, 0.25) is 0 Å². The number of rotatable bonds is 6. The molecule has 0 bridgehead atoms. The molecule has 0 saturated carbocycles. The van der Waals surface area contributed by atoms with Crippen LogP contribution in [0.25, 0.3) is 0 Å². The van der Waals surface area contributed by atoms with Crippen molar-refractivity contribution in [2.24, 2.45) is 0 Å². The SMILES string of the molecule is COc1ccc2c(c1)[C@@H](NC(=O)c1ccc(OCC(=O)O)cc1)CCC2. The van der Waals surface area contributed by atoms with E-state index in [1.165, 1.54) is 5.56 Å². The van der Waals surface area contributed by atoms with E-state index in [2.05, 4.69) is 11.4 Å². The second-order valence-corrected chi connectivity index (χ2v) is 6.19. The molecule has 2 aromatic carbocycles. The molecule has 0 saturated heterocycles. The largest absolute Gasteiger partial charge is 0.497 e. The fourth-order valence-corrected chi connectivity index (χ4v) is 3.14. The summed E-state index contributed by atoms with van der Waals surface area (Å²) >= 11 is 0. The number of hydrogen-bond acceptors (Lipinski definition) is 4. The lowest BCUT2D eigenvalue weighted by molar-refractivity contribution is -0.139. The number of methoxy groups -OCH3 is 1. The molecule has 1 aliphatic rings. The van der Waals surface area contributed by atoms with E-state index >= 15 is 0 Å². The fourth-order valence-electron chi connectivity index (χ4n) is 3.14. The van der Waals surface area contributed by atoms with Crippen molar-refractivity contribution >= 4 is 11.9 Å². The fraction of sp³-hybridized carbons (Fsp3) is 0.300. The van der Waals surface area contributed by atoms with Crippen LogP contribution >= 0.6 is 0 Å². The van der Waals surface area contributed by atoms with Crippen molar-refractivity contribution in [2.45, 2.75) is 25.3 Å². The predicted octanol–water partition coefficient (Wildman–Crippen LogP) is 2.97. The number of carbonyl (C=O) groups excluding carboxylic acids is 1. The number of carboxylic acids is 1. The van der Waals surface area contributed by atoms with E-state index in [1.54, 1.807) is 31.4 Å². The van der Waals surface area contributed by atoms with Gasteiger partial charge in [-0.3, -0.25) is 4.79 Å². The Balaban J connectivity index is 1.70. The summed E-state index contributed by atoms with van der Waals surface area (Å²) in [6.45, 7) is -0.410. The Labute approximate surface area is 151 Å². The van der Waals surface area contributed by atoms with Gasteiger partial charge in [-0.15, -0.1) is 0 Å². The summed E-state index contributed by atoms with van der Waals surface area (Å²) in [5.74, 6) is -0.0183. The number of hydrogen-bond donors (Lipinski definition) is 2. The van der Waals surface area contributed by atoms with Crippen LogP contribution in [0.15, 0.2) is 42.5 Å². The quantitative estimate of drug-likeness (QED) is 0.832. The minimum atomic E-state index is -1.04. The van der Waals surface area contributed by atoms with Crippen LogP contribution in [0.2, 0.25) is 0 Å². The number of fused-ring (bicyclic) bond motifs is 1. The Morgan fingerprint density at radius 1 is 1.15 bits per heavy atom. The standard InChI is InChI=1S/C20H21NO5/c1-25-16-10-5-13-3-2-4-18(17(13)11-16)21-20(24)14-6-8-15(9-7-14)26-12-19(22)23/h5-11,18H,2-4,12H2,1H3,(H,21,24)(H,22,23)/t18-/m0/s1. The van der Waals surface area contributed by atoms with Crippen LogP contribution in [0.3, 0.4) is 0 Å². The predicted molar refractivity (Wildman–Crippen MR) is 95.7 cm³/mol. The summed E-state index contributed by atoms with van der Waals surface area (Å²) in [6, 6.07) is 12.4. The monoisotopic (exact) mass is 355 g/mol. The van der Waals surface area contributed by atoms with Gasteiger partial charge < -0.3 is 19.9 Å². The number of aryl methyl sites for hydroxylation is 1. The van der Waals surface area contributed by atoms with Gasteiger partial charge in [-0.25, -0.2) is 4.79 Å². The van der Waals surface area contributed by atoms with Gasteiger partial charge in [-0.05, 0) is 66.8 Å².